The number of amides is 1. The van der Waals surface area contributed by atoms with E-state index in [4.69, 9.17) is 0 Å². The lowest BCUT2D eigenvalue weighted by atomic mass is 10.0. The van der Waals surface area contributed by atoms with Gasteiger partial charge in [0.25, 0.3) is 5.91 Å². The Kier molecular flexibility index (Phi) is 5.84. The quantitative estimate of drug-likeness (QED) is 0.587. The van der Waals surface area contributed by atoms with Crippen molar-refractivity contribution in [3.05, 3.63) is 65.6 Å². The Balaban J connectivity index is 1.82. The van der Waals surface area contributed by atoms with Crippen molar-refractivity contribution in [1.29, 1.82) is 0 Å². The van der Waals surface area contributed by atoms with Crippen LogP contribution in [0.4, 0.5) is 5.95 Å². The molecule has 1 aromatic carbocycles. The lowest BCUT2D eigenvalue weighted by molar-refractivity contribution is -0.118. The zero-order valence-corrected chi connectivity index (χ0v) is 16.1. The lowest BCUT2D eigenvalue weighted by Gasteiger charge is -2.15. The number of ketones is 1. The van der Waals surface area contributed by atoms with Crippen molar-refractivity contribution in [2.45, 2.75) is 26.8 Å². The Hall–Kier alpha value is -3.48. The second-order valence-corrected chi connectivity index (χ2v) is 6.49. The molecule has 0 aliphatic heterocycles. The van der Waals surface area contributed by atoms with Crippen LogP contribution in [0.2, 0.25) is 0 Å². The number of benzene rings is 1. The van der Waals surface area contributed by atoms with E-state index in [0.717, 1.165) is 28.9 Å². The van der Waals surface area contributed by atoms with Gasteiger partial charge in [0.15, 0.2) is 5.78 Å². The van der Waals surface area contributed by atoms with Gasteiger partial charge in [-0.15, -0.1) is 0 Å². The van der Waals surface area contributed by atoms with E-state index in [-0.39, 0.29) is 11.7 Å². The number of aromatic nitrogens is 3. The highest BCUT2D eigenvalue weighted by atomic mass is 16.2. The topological polar surface area (TPSA) is 99.8 Å². The largest absolute Gasteiger partial charge is 0.357 e. The fourth-order valence-electron chi connectivity index (χ4n) is 2.91. The van der Waals surface area contributed by atoms with Gasteiger partial charge in [-0.2, -0.15) is 0 Å². The summed E-state index contributed by atoms with van der Waals surface area (Å²) in [7, 11) is 0. The third-order valence-electron chi connectivity index (χ3n) is 4.32. The summed E-state index contributed by atoms with van der Waals surface area (Å²) < 4.78 is 0. The van der Waals surface area contributed by atoms with Crippen LogP contribution in [0.3, 0.4) is 0 Å². The molecule has 2 aromatic heterocycles. The Morgan fingerprint density at radius 3 is 2.64 bits per heavy atom. The Bertz CT molecular complexity index is 981. The summed E-state index contributed by atoms with van der Waals surface area (Å²) in [6, 6.07) is 10.2. The van der Waals surface area contributed by atoms with Crippen molar-refractivity contribution < 1.29 is 9.59 Å². The third kappa shape index (κ3) is 4.25. The van der Waals surface area contributed by atoms with Crippen molar-refractivity contribution >= 4 is 17.6 Å². The number of H-pyrrole nitrogens is 1. The van der Waals surface area contributed by atoms with Crippen molar-refractivity contribution in [2.75, 3.05) is 11.9 Å². The molecule has 0 aliphatic rings. The molecule has 0 fully saturated rings. The summed E-state index contributed by atoms with van der Waals surface area (Å²) in [5, 5.41) is 5.88. The van der Waals surface area contributed by atoms with Gasteiger partial charge in [-0.3, -0.25) is 9.59 Å². The summed E-state index contributed by atoms with van der Waals surface area (Å²) in [4.78, 5) is 36.5. The number of aryl methyl sites for hydroxylation is 1. The molecule has 28 heavy (non-hydrogen) atoms. The number of Topliss-reactive ketones (excluding diaryl/α,β-unsaturated/α-hetero) is 1. The van der Waals surface area contributed by atoms with E-state index < -0.39 is 6.04 Å². The van der Waals surface area contributed by atoms with Crippen LogP contribution >= 0.6 is 0 Å². The summed E-state index contributed by atoms with van der Waals surface area (Å²) in [6.45, 7) is 6.07. The van der Waals surface area contributed by atoms with Gasteiger partial charge in [-0.25, -0.2) is 9.97 Å². The highest BCUT2D eigenvalue weighted by molar-refractivity contribution is 5.97. The van der Waals surface area contributed by atoms with Crippen LogP contribution in [0, 0.1) is 6.92 Å². The average molecular weight is 377 g/mol. The summed E-state index contributed by atoms with van der Waals surface area (Å²) in [5.74, 6) is 0.0539. The molecule has 2 heterocycles. The maximum atomic E-state index is 12.7. The number of rotatable bonds is 7. The van der Waals surface area contributed by atoms with E-state index in [1.807, 2.05) is 44.2 Å². The van der Waals surface area contributed by atoms with Crippen LogP contribution in [0.1, 0.15) is 41.5 Å². The average Bonchev–Trinajstić information content (AvgIpc) is 3.18. The Morgan fingerprint density at radius 2 is 1.96 bits per heavy atom. The third-order valence-corrected chi connectivity index (χ3v) is 4.32. The minimum Gasteiger partial charge on any atom is -0.357 e. The molecule has 0 spiro atoms. The predicted octanol–water partition coefficient (Wildman–Crippen LogP) is 3.27. The predicted molar refractivity (Wildman–Crippen MR) is 108 cm³/mol. The fraction of sp³-hybridized carbons (Fsp3) is 0.238. The molecular formula is C21H23N5O2. The molecule has 1 unspecified atom stereocenters. The van der Waals surface area contributed by atoms with Crippen molar-refractivity contribution in [3.8, 4) is 11.3 Å². The zero-order valence-electron chi connectivity index (χ0n) is 16.1. The number of carbonyl (C=O) groups excluding carboxylic acids is 2. The fourth-order valence-corrected chi connectivity index (χ4v) is 2.91. The number of nitrogens with zero attached hydrogens (tertiary/aromatic N) is 2. The van der Waals surface area contributed by atoms with E-state index in [1.165, 1.54) is 6.92 Å². The van der Waals surface area contributed by atoms with Crippen LogP contribution in [0.15, 0.2) is 48.8 Å². The minimum atomic E-state index is -0.693. The molecule has 0 bridgehead atoms. The highest BCUT2D eigenvalue weighted by Gasteiger charge is 2.21. The Labute approximate surface area is 163 Å². The monoisotopic (exact) mass is 377 g/mol. The number of carbonyl (C=O) groups is 2. The molecule has 7 nitrogen and oxygen atoms in total. The maximum absolute atomic E-state index is 12.7. The van der Waals surface area contributed by atoms with Crippen LogP contribution in [-0.2, 0) is 4.79 Å². The first-order valence-electron chi connectivity index (χ1n) is 9.12. The minimum absolute atomic E-state index is 0.131. The molecule has 0 saturated heterocycles. The number of hydrogen-bond acceptors (Lipinski definition) is 5. The molecule has 3 aromatic rings. The maximum Gasteiger partial charge on any atom is 0.268 e. The van der Waals surface area contributed by atoms with Gasteiger partial charge in [0.05, 0.1) is 5.69 Å². The smallest absolute Gasteiger partial charge is 0.268 e. The van der Waals surface area contributed by atoms with E-state index in [1.54, 1.807) is 18.5 Å². The molecule has 1 atom stereocenters. The van der Waals surface area contributed by atoms with E-state index in [9.17, 15) is 9.59 Å². The molecule has 0 aliphatic carbocycles. The highest BCUT2D eigenvalue weighted by Crippen LogP contribution is 2.23. The van der Waals surface area contributed by atoms with Crippen LogP contribution in [0.25, 0.3) is 11.3 Å². The number of hydrogen-bond donors (Lipinski definition) is 3. The molecule has 3 rings (SSSR count). The van der Waals surface area contributed by atoms with E-state index in [0.29, 0.717) is 11.6 Å². The molecule has 1 amide bonds. The van der Waals surface area contributed by atoms with Gasteiger partial charge >= 0.3 is 0 Å². The van der Waals surface area contributed by atoms with Crippen molar-refractivity contribution in [2.24, 2.45) is 0 Å². The van der Waals surface area contributed by atoms with Gasteiger partial charge in [0.1, 0.15) is 11.7 Å². The van der Waals surface area contributed by atoms with Crippen molar-refractivity contribution in [1.82, 2.24) is 20.3 Å². The second kappa shape index (κ2) is 8.47. The molecule has 0 saturated carbocycles. The van der Waals surface area contributed by atoms with Crippen LogP contribution < -0.4 is 10.6 Å². The van der Waals surface area contributed by atoms with Gasteiger partial charge in [0, 0.05) is 24.5 Å². The number of anilines is 1. The van der Waals surface area contributed by atoms with E-state index in [2.05, 4.69) is 25.6 Å². The molecule has 144 valence electrons. The number of aromatic amines is 1. The lowest BCUT2D eigenvalue weighted by Crippen LogP contribution is -2.32. The van der Waals surface area contributed by atoms with E-state index >= 15 is 0 Å². The SMILES string of the molecule is CCNc1ncc(C)c(-c2c[nH]c(C(=O)NC(C(C)=O)c3ccccc3)c2)n1. The van der Waals surface area contributed by atoms with Crippen molar-refractivity contribution in [3.63, 3.8) is 0 Å². The van der Waals surface area contributed by atoms with Gasteiger partial charge in [0.2, 0.25) is 5.95 Å². The summed E-state index contributed by atoms with van der Waals surface area (Å²) in [6.07, 6.45) is 3.47. The van der Waals surface area contributed by atoms with Gasteiger partial charge in [-0.05, 0) is 38.0 Å². The van der Waals surface area contributed by atoms with Gasteiger partial charge in [-0.1, -0.05) is 30.3 Å². The molecule has 7 heteroatoms. The molecule has 0 radical (unpaired) electrons. The standard InChI is InChI=1S/C21H23N5O2/c1-4-22-21-24-11-13(2)18(26-21)16-10-17(23-12-16)20(28)25-19(14(3)27)15-8-6-5-7-9-15/h5-12,19,23H,4H2,1-3H3,(H,25,28)(H,22,24,26). The van der Waals surface area contributed by atoms with Crippen LogP contribution in [-0.4, -0.2) is 33.2 Å². The molecule has 3 N–H and O–H groups in total. The number of nitrogens with one attached hydrogen (secondary N) is 3. The first-order chi connectivity index (χ1) is 13.5. The zero-order chi connectivity index (χ0) is 20.1. The first kappa shape index (κ1) is 19.3. The Morgan fingerprint density at radius 1 is 1.21 bits per heavy atom. The molecular weight excluding hydrogens is 354 g/mol. The normalized spacial score (nSPS) is 11.7. The first-order valence-corrected chi connectivity index (χ1v) is 9.12. The summed E-state index contributed by atoms with van der Waals surface area (Å²) in [5.41, 5.74) is 3.53. The second-order valence-electron chi connectivity index (χ2n) is 6.49. The van der Waals surface area contributed by atoms with Crippen LogP contribution in [0.5, 0.6) is 0 Å². The van der Waals surface area contributed by atoms with Gasteiger partial charge < -0.3 is 15.6 Å². The summed E-state index contributed by atoms with van der Waals surface area (Å²) >= 11 is 0.